The summed E-state index contributed by atoms with van der Waals surface area (Å²) in [6.45, 7) is 4.47. The zero-order chi connectivity index (χ0) is 17.7. The Hall–Kier alpha value is -1.99. The van der Waals surface area contributed by atoms with Crippen molar-refractivity contribution in [2.75, 3.05) is 34.3 Å². The van der Waals surface area contributed by atoms with Crippen LogP contribution in [0.1, 0.15) is 26.7 Å². The number of carbonyl (C=O) groups excluding carboxylic acids is 2. The fourth-order valence-electron chi connectivity index (χ4n) is 2.97. The molecule has 1 N–H and O–H groups in total. The molecule has 1 rings (SSSR count). The second-order valence-electron chi connectivity index (χ2n) is 6.24. The molecule has 0 saturated carbocycles. The molecular weight excluding hydrogens is 302 g/mol. The number of likely N-dealkylation sites (tertiary alicyclic amines) is 1. The van der Waals surface area contributed by atoms with Gasteiger partial charge in [-0.2, -0.15) is 0 Å². The lowest BCUT2D eigenvalue weighted by molar-refractivity contribution is -0.147. The van der Waals surface area contributed by atoms with Crippen LogP contribution in [0.25, 0.3) is 0 Å². The van der Waals surface area contributed by atoms with Crippen LogP contribution >= 0.6 is 0 Å². The number of piperidine rings is 1. The van der Waals surface area contributed by atoms with Gasteiger partial charge in [-0.3, -0.25) is 0 Å². The number of amides is 3. The molecule has 23 heavy (non-hydrogen) atoms. The van der Waals surface area contributed by atoms with Crippen LogP contribution in [-0.2, 0) is 9.53 Å². The molecule has 2 atom stereocenters. The lowest BCUT2D eigenvalue weighted by atomic mass is 10.0. The molecule has 0 spiro atoms. The molecule has 1 fully saturated rings. The van der Waals surface area contributed by atoms with E-state index < -0.39 is 18.1 Å². The summed E-state index contributed by atoms with van der Waals surface area (Å²) >= 11 is 0. The van der Waals surface area contributed by atoms with E-state index in [1.807, 2.05) is 13.8 Å². The maximum absolute atomic E-state index is 12.7. The van der Waals surface area contributed by atoms with Crippen LogP contribution in [-0.4, -0.2) is 84.3 Å². The summed E-state index contributed by atoms with van der Waals surface area (Å²) in [6, 6.07) is -1.18. The number of hydrogen-bond acceptors (Lipinski definition) is 4. The van der Waals surface area contributed by atoms with Crippen molar-refractivity contribution in [1.82, 2.24) is 14.7 Å². The number of hydrogen-bond donors (Lipinski definition) is 1. The minimum atomic E-state index is -0.974. The van der Waals surface area contributed by atoms with Crippen LogP contribution in [0, 0.1) is 5.92 Å². The van der Waals surface area contributed by atoms with Gasteiger partial charge in [0.15, 0.2) is 0 Å². The Bertz CT molecular complexity index is 454. The molecule has 1 heterocycles. The fourth-order valence-corrected chi connectivity index (χ4v) is 2.97. The van der Waals surface area contributed by atoms with Gasteiger partial charge in [0.2, 0.25) is 0 Å². The molecular formula is C15H27N3O5. The van der Waals surface area contributed by atoms with Crippen molar-refractivity contribution in [3.63, 3.8) is 0 Å². The first-order valence-corrected chi connectivity index (χ1v) is 7.76. The minimum Gasteiger partial charge on any atom is -0.467 e. The maximum Gasteiger partial charge on any atom is 0.407 e. The van der Waals surface area contributed by atoms with Gasteiger partial charge in [0, 0.05) is 27.2 Å². The number of urea groups is 1. The van der Waals surface area contributed by atoms with Crippen LogP contribution in [0.2, 0.25) is 0 Å². The van der Waals surface area contributed by atoms with Crippen molar-refractivity contribution in [2.45, 2.75) is 38.8 Å². The Kier molecular flexibility index (Phi) is 6.65. The molecule has 0 aliphatic carbocycles. The van der Waals surface area contributed by atoms with E-state index in [-0.39, 0.29) is 24.5 Å². The van der Waals surface area contributed by atoms with Crippen LogP contribution < -0.4 is 0 Å². The average molecular weight is 329 g/mol. The number of likely N-dealkylation sites (N-methyl/N-ethyl adjacent to an activating group) is 2. The number of esters is 1. The summed E-state index contributed by atoms with van der Waals surface area (Å²) in [5.41, 5.74) is 0. The zero-order valence-corrected chi connectivity index (χ0v) is 14.5. The van der Waals surface area contributed by atoms with Gasteiger partial charge in [-0.1, -0.05) is 13.8 Å². The number of rotatable bonds is 4. The SMILES string of the molecule is COC(=O)[C@H](C(C)C)N(C)C(=O)N(C)[C@H]1CCCN(C(=O)O)C1. The lowest BCUT2D eigenvalue weighted by Crippen LogP contribution is -2.56. The molecule has 0 aromatic heterocycles. The van der Waals surface area contributed by atoms with Crippen LogP contribution in [0.15, 0.2) is 0 Å². The van der Waals surface area contributed by atoms with Crippen molar-refractivity contribution in [1.29, 1.82) is 0 Å². The third-order valence-electron chi connectivity index (χ3n) is 4.31. The summed E-state index contributed by atoms with van der Waals surface area (Å²) < 4.78 is 4.78. The average Bonchev–Trinajstić information content (AvgIpc) is 2.52. The highest BCUT2D eigenvalue weighted by Crippen LogP contribution is 2.18. The smallest absolute Gasteiger partial charge is 0.407 e. The molecule has 0 radical (unpaired) electrons. The molecule has 8 nitrogen and oxygen atoms in total. The highest BCUT2D eigenvalue weighted by Gasteiger charge is 2.35. The molecule has 0 aromatic carbocycles. The Balaban J connectivity index is 2.81. The van der Waals surface area contributed by atoms with E-state index in [9.17, 15) is 14.4 Å². The predicted octanol–water partition coefficient (Wildman–Crippen LogP) is 1.31. The number of methoxy groups -OCH3 is 1. The van der Waals surface area contributed by atoms with Crippen molar-refractivity contribution < 1.29 is 24.2 Å². The Labute approximate surface area is 137 Å². The van der Waals surface area contributed by atoms with E-state index >= 15 is 0 Å². The van der Waals surface area contributed by atoms with E-state index in [0.29, 0.717) is 13.0 Å². The summed E-state index contributed by atoms with van der Waals surface area (Å²) in [6.07, 6.45) is 0.478. The first kappa shape index (κ1) is 19.1. The van der Waals surface area contributed by atoms with Crippen molar-refractivity contribution >= 4 is 18.1 Å². The Morgan fingerprint density at radius 2 is 1.87 bits per heavy atom. The maximum atomic E-state index is 12.7. The Morgan fingerprint density at radius 3 is 2.35 bits per heavy atom. The molecule has 1 aliphatic heterocycles. The zero-order valence-electron chi connectivity index (χ0n) is 14.5. The van der Waals surface area contributed by atoms with Gasteiger partial charge in [-0.05, 0) is 18.8 Å². The number of ether oxygens (including phenoxy) is 1. The van der Waals surface area contributed by atoms with Gasteiger partial charge < -0.3 is 24.5 Å². The van der Waals surface area contributed by atoms with E-state index in [1.165, 1.54) is 21.8 Å². The number of carboxylic acid groups (broad SMARTS) is 1. The van der Waals surface area contributed by atoms with Gasteiger partial charge in [0.05, 0.1) is 13.2 Å². The number of carbonyl (C=O) groups is 3. The molecule has 0 unspecified atom stereocenters. The summed E-state index contributed by atoms with van der Waals surface area (Å²) in [7, 11) is 4.51. The topological polar surface area (TPSA) is 90.4 Å². The van der Waals surface area contributed by atoms with Crippen molar-refractivity contribution in [2.24, 2.45) is 5.92 Å². The van der Waals surface area contributed by atoms with E-state index in [1.54, 1.807) is 14.1 Å². The summed E-state index contributed by atoms with van der Waals surface area (Å²) in [4.78, 5) is 39.9. The molecule has 0 aromatic rings. The van der Waals surface area contributed by atoms with E-state index in [2.05, 4.69) is 0 Å². The standard InChI is InChI=1S/C15H27N3O5/c1-10(2)12(13(19)23-5)17(4)14(20)16(3)11-7-6-8-18(9-11)15(21)22/h10-12H,6-9H2,1-5H3,(H,21,22)/t11-,12-/m0/s1. The number of nitrogens with zero attached hydrogens (tertiary/aromatic N) is 3. The van der Waals surface area contributed by atoms with Crippen LogP contribution in [0.3, 0.4) is 0 Å². The first-order chi connectivity index (χ1) is 10.7. The first-order valence-electron chi connectivity index (χ1n) is 7.76. The van der Waals surface area contributed by atoms with Gasteiger partial charge >= 0.3 is 18.1 Å². The molecule has 8 heteroatoms. The molecule has 1 saturated heterocycles. The monoisotopic (exact) mass is 329 g/mol. The van der Waals surface area contributed by atoms with Gasteiger partial charge in [-0.25, -0.2) is 14.4 Å². The second-order valence-corrected chi connectivity index (χ2v) is 6.24. The van der Waals surface area contributed by atoms with Crippen LogP contribution in [0.4, 0.5) is 9.59 Å². The second kappa shape index (κ2) is 8.03. The lowest BCUT2D eigenvalue weighted by Gasteiger charge is -2.39. The fraction of sp³-hybridized carbons (Fsp3) is 0.800. The minimum absolute atomic E-state index is 0.0910. The highest BCUT2D eigenvalue weighted by atomic mass is 16.5. The third-order valence-corrected chi connectivity index (χ3v) is 4.31. The van der Waals surface area contributed by atoms with E-state index in [0.717, 1.165) is 6.42 Å². The van der Waals surface area contributed by atoms with Crippen molar-refractivity contribution in [3.8, 4) is 0 Å². The van der Waals surface area contributed by atoms with Gasteiger partial charge in [0.25, 0.3) is 0 Å². The third kappa shape index (κ3) is 4.49. The quantitative estimate of drug-likeness (QED) is 0.785. The van der Waals surface area contributed by atoms with Gasteiger partial charge in [-0.15, -0.1) is 0 Å². The summed E-state index contributed by atoms with van der Waals surface area (Å²) in [5, 5.41) is 9.10. The van der Waals surface area contributed by atoms with Gasteiger partial charge in [0.1, 0.15) is 6.04 Å². The normalized spacial score (nSPS) is 19.2. The molecule has 3 amide bonds. The predicted molar refractivity (Wildman–Crippen MR) is 84.2 cm³/mol. The van der Waals surface area contributed by atoms with Crippen LogP contribution in [0.5, 0.6) is 0 Å². The van der Waals surface area contributed by atoms with E-state index in [4.69, 9.17) is 9.84 Å². The largest absolute Gasteiger partial charge is 0.467 e. The Morgan fingerprint density at radius 1 is 1.26 bits per heavy atom. The highest BCUT2D eigenvalue weighted by molar-refractivity contribution is 5.83. The summed E-state index contributed by atoms with van der Waals surface area (Å²) in [5.74, 6) is -0.549. The van der Waals surface area contributed by atoms with Crippen molar-refractivity contribution in [3.05, 3.63) is 0 Å². The molecule has 0 bridgehead atoms. The molecule has 132 valence electrons. The molecule has 1 aliphatic rings.